The Morgan fingerprint density at radius 1 is 1.11 bits per heavy atom. The van der Waals surface area contributed by atoms with Gasteiger partial charge in [0.05, 0.1) is 18.8 Å². The molecule has 0 N–H and O–H groups in total. The van der Waals surface area contributed by atoms with Gasteiger partial charge in [-0.1, -0.05) is 30.3 Å². The Kier molecular flexibility index (Phi) is 3.53. The second kappa shape index (κ2) is 6.05. The topological polar surface area (TPSA) is 68.3 Å². The van der Waals surface area contributed by atoms with Crippen LogP contribution in [-0.2, 0) is 13.1 Å². The van der Waals surface area contributed by atoms with Crippen LogP contribution in [0.5, 0.6) is 0 Å². The van der Waals surface area contributed by atoms with Gasteiger partial charge in [-0.05, 0) is 18.6 Å². The highest BCUT2D eigenvalue weighted by Crippen LogP contribution is 2.31. The van der Waals surface area contributed by atoms with Crippen LogP contribution in [0.4, 0.5) is 0 Å². The first-order valence-corrected chi connectivity index (χ1v) is 8.87. The number of aromatic nitrogens is 5. The normalized spacial score (nSPS) is 16.5. The molecule has 1 atom stereocenters. The summed E-state index contributed by atoms with van der Waals surface area (Å²) in [4.78, 5) is 24.2. The molecule has 0 bridgehead atoms. The number of hydrogen-bond acceptors (Lipinski definition) is 4. The molecule has 27 heavy (non-hydrogen) atoms. The zero-order valence-corrected chi connectivity index (χ0v) is 14.9. The molecule has 7 nitrogen and oxygen atoms in total. The SMILES string of the molecule is Cc1cnc2n1CC(c1ccccc1)N(C(=O)c1cnn3cccnc13)C2. The number of nitrogens with zero attached hydrogens (tertiary/aromatic N) is 6. The number of rotatable bonds is 2. The van der Waals surface area contributed by atoms with Gasteiger partial charge in [0.1, 0.15) is 11.4 Å². The largest absolute Gasteiger partial charge is 0.328 e. The summed E-state index contributed by atoms with van der Waals surface area (Å²) < 4.78 is 3.82. The number of imidazole rings is 1. The molecule has 5 rings (SSSR count). The molecule has 1 unspecified atom stereocenters. The summed E-state index contributed by atoms with van der Waals surface area (Å²) in [6.45, 7) is 3.19. The van der Waals surface area contributed by atoms with Gasteiger partial charge in [0.25, 0.3) is 5.91 Å². The fourth-order valence-corrected chi connectivity index (χ4v) is 3.73. The van der Waals surface area contributed by atoms with Crippen LogP contribution in [0.3, 0.4) is 0 Å². The van der Waals surface area contributed by atoms with Crippen molar-refractivity contribution in [3.8, 4) is 0 Å². The number of amides is 1. The molecule has 7 heteroatoms. The second-order valence-corrected chi connectivity index (χ2v) is 6.73. The molecule has 0 spiro atoms. The summed E-state index contributed by atoms with van der Waals surface area (Å²) in [5.41, 5.74) is 3.29. The first-order chi connectivity index (χ1) is 13.2. The number of carbonyl (C=O) groups is 1. The van der Waals surface area contributed by atoms with E-state index in [1.165, 1.54) is 0 Å². The maximum absolute atomic E-state index is 13.5. The minimum atomic E-state index is -0.0792. The van der Waals surface area contributed by atoms with E-state index in [9.17, 15) is 4.79 Å². The van der Waals surface area contributed by atoms with Gasteiger partial charge in [0.2, 0.25) is 0 Å². The van der Waals surface area contributed by atoms with Gasteiger partial charge >= 0.3 is 0 Å². The van der Waals surface area contributed by atoms with E-state index < -0.39 is 0 Å². The summed E-state index contributed by atoms with van der Waals surface area (Å²) in [6, 6.07) is 11.9. The lowest BCUT2D eigenvalue weighted by Crippen LogP contribution is -2.41. The molecule has 0 aliphatic carbocycles. The van der Waals surface area contributed by atoms with Crippen LogP contribution >= 0.6 is 0 Å². The smallest absolute Gasteiger partial charge is 0.260 e. The number of fused-ring (bicyclic) bond motifs is 2. The Hall–Kier alpha value is -3.48. The maximum atomic E-state index is 13.5. The molecule has 1 aliphatic heterocycles. The van der Waals surface area contributed by atoms with Crippen molar-refractivity contribution in [2.45, 2.75) is 26.1 Å². The fourth-order valence-electron chi connectivity index (χ4n) is 3.73. The Morgan fingerprint density at radius 2 is 1.96 bits per heavy atom. The number of carbonyl (C=O) groups excluding carboxylic acids is 1. The van der Waals surface area contributed by atoms with E-state index in [-0.39, 0.29) is 11.9 Å². The van der Waals surface area contributed by atoms with Crippen LogP contribution in [0.1, 0.15) is 33.5 Å². The van der Waals surface area contributed by atoms with Crippen molar-refractivity contribution in [2.75, 3.05) is 0 Å². The van der Waals surface area contributed by atoms with Gasteiger partial charge in [-0.15, -0.1) is 0 Å². The van der Waals surface area contributed by atoms with Crippen molar-refractivity contribution in [3.63, 3.8) is 0 Å². The van der Waals surface area contributed by atoms with Crippen LogP contribution in [0.25, 0.3) is 5.65 Å². The van der Waals surface area contributed by atoms with Gasteiger partial charge in [-0.3, -0.25) is 4.79 Å². The van der Waals surface area contributed by atoms with Crippen LogP contribution < -0.4 is 0 Å². The van der Waals surface area contributed by atoms with Gasteiger partial charge < -0.3 is 9.47 Å². The zero-order chi connectivity index (χ0) is 18.4. The Labute approximate surface area is 155 Å². The third kappa shape index (κ3) is 2.51. The first-order valence-electron chi connectivity index (χ1n) is 8.87. The second-order valence-electron chi connectivity index (χ2n) is 6.73. The van der Waals surface area contributed by atoms with Crippen molar-refractivity contribution in [1.29, 1.82) is 0 Å². The van der Waals surface area contributed by atoms with Crippen molar-refractivity contribution in [1.82, 2.24) is 29.0 Å². The van der Waals surface area contributed by atoms with Crippen molar-refractivity contribution in [2.24, 2.45) is 0 Å². The van der Waals surface area contributed by atoms with Gasteiger partial charge in [0.15, 0.2) is 5.65 Å². The lowest BCUT2D eigenvalue weighted by atomic mass is 10.0. The minimum absolute atomic E-state index is 0.0715. The average molecular weight is 358 g/mol. The lowest BCUT2D eigenvalue weighted by Gasteiger charge is -2.36. The number of benzene rings is 1. The van der Waals surface area contributed by atoms with Crippen molar-refractivity contribution in [3.05, 3.63) is 83.8 Å². The summed E-state index contributed by atoms with van der Waals surface area (Å²) in [5.74, 6) is 0.821. The van der Waals surface area contributed by atoms with Crippen LogP contribution in [0.15, 0.2) is 61.2 Å². The highest BCUT2D eigenvalue weighted by atomic mass is 16.2. The van der Waals surface area contributed by atoms with E-state index in [1.54, 1.807) is 29.2 Å². The van der Waals surface area contributed by atoms with E-state index >= 15 is 0 Å². The third-order valence-corrected chi connectivity index (χ3v) is 5.14. The van der Waals surface area contributed by atoms with Crippen LogP contribution in [0, 0.1) is 6.92 Å². The maximum Gasteiger partial charge on any atom is 0.260 e. The van der Waals surface area contributed by atoms with Gasteiger partial charge in [0, 0.05) is 30.8 Å². The molecule has 1 amide bonds. The molecule has 0 saturated carbocycles. The standard InChI is InChI=1S/C20H18N6O/c1-14-10-22-18-13-25(17(12-24(14)18)15-6-3-2-4-7-15)20(27)16-11-23-26-9-5-8-21-19(16)26/h2-11,17H,12-13H2,1H3. The molecule has 0 fully saturated rings. The number of aryl methyl sites for hydroxylation is 1. The molecule has 0 radical (unpaired) electrons. The number of hydrogen-bond donors (Lipinski definition) is 0. The molecule has 134 valence electrons. The van der Waals surface area contributed by atoms with E-state index in [0.29, 0.717) is 24.3 Å². The monoisotopic (exact) mass is 358 g/mol. The fraction of sp³-hybridized carbons (Fsp3) is 0.200. The van der Waals surface area contributed by atoms with Crippen LogP contribution in [-0.4, -0.2) is 35.0 Å². The quantitative estimate of drug-likeness (QED) is 0.552. The molecule has 4 aromatic rings. The summed E-state index contributed by atoms with van der Waals surface area (Å²) in [6.07, 6.45) is 6.93. The van der Waals surface area contributed by atoms with E-state index in [0.717, 1.165) is 17.1 Å². The first kappa shape index (κ1) is 15.7. The highest BCUT2D eigenvalue weighted by molar-refractivity contribution is 5.99. The predicted molar refractivity (Wildman–Crippen MR) is 99.0 cm³/mol. The molecular weight excluding hydrogens is 340 g/mol. The lowest BCUT2D eigenvalue weighted by molar-refractivity contribution is 0.0584. The van der Waals surface area contributed by atoms with E-state index in [2.05, 4.69) is 31.8 Å². The van der Waals surface area contributed by atoms with Gasteiger partial charge in [-0.2, -0.15) is 5.10 Å². The molecule has 1 aromatic carbocycles. The van der Waals surface area contributed by atoms with E-state index in [4.69, 9.17) is 0 Å². The summed E-state index contributed by atoms with van der Waals surface area (Å²) in [5, 5.41) is 4.27. The molecule has 1 aliphatic rings. The summed E-state index contributed by atoms with van der Waals surface area (Å²) >= 11 is 0. The third-order valence-electron chi connectivity index (χ3n) is 5.14. The Balaban J connectivity index is 1.60. The predicted octanol–water partition coefficient (Wildman–Crippen LogP) is 2.63. The van der Waals surface area contributed by atoms with Crippen molar-refractivity contribution >= 4 is 11.6 Å². The van der Waals surface area contributed by atoms with Crippen molar-refractivity contribution < 1.29 is 4.79 Å². The molecular formula is C20H18N6O. The highest BCUT2D eigenvalue weighted by Gasteiger charge is 2.34. The zero-order valence-electron chi connectivity index (χ0n) is 14.9. The molecule has 4 heterocycles. The average Bonchev–Trinajstić information content (AvgIpc) is 3.31. The summed E-state index contributed by atoms with van der Waals surface area (Å²) in [7, 11) is 0. The Morgan fingerprint density at radius 3 is 2.81 bits per heavy atom. The molecule has 0 saturated heterocycles. The van der Waals surface area contributed by atoms with E-state index in [1.807, 2.05) is 36.2 Å². The van der Waals surface area contributed by atoms with Gasteiger partial charge in [-0.25, -0.2) is 14.5 Å². The molecule has 3 aromatic heterocycles. The Bertz CT molecular complexity index is 1130. The minimum Gasteiger partial charge on any atom is -0.328 e. The van der Waals surface area contributed by atoms with Crippen LogP contribution in [0.2, 0.25) is 0 Å².